The fraction of sp³-hybridized carbons (Fsp3) is 0.500. The van der Waals surface area contributed by atoms with Crippen LogP contribution in [0.2, 0.25) is 0 Å². The second kappa shape index (κ2) is 5.01. The van der Waals surface area contributed by atoms with Crippen molar-refractivity contribution in [2.45, 2.75) is 26.4 Å². The first kappa shape index (κ1) is 11.1. The lowest BCUT2D eigenvalue weighted by Crippen LogP contribution is -2.12. The molecule has 1 rings (SSSR count). The molecule has 0 fully saturated rings. The molecule has 1 aromatic carbocycles. The minimum Gasteiger partial charge on any atom is -0.383 e. The van der Waals surface area contributed by atoms with Crippen molar-refractivity contribution in [1.29, 1.82) is 0 Å². The van der Waals surface area contributed by atoms with Gasteiger partial charge in [0.05, 0.1) is 0 Å². The van der Waals surface area contributed by atoms with Gasteiger partial charge >= 0.3 is 0 Å². The minimum absolute atomic E-state index is 0.490. The molecule has 0 saturated heterocycles. The van der Waals surface area contributed by atoms with Gasteiger partial charge in [-0.2, -0.15) is 0 Å². The number of benzene rings is 1. The van der Waals surface area contributed by atoms with E-state index in [0.717, 1.165) is 6.54 Å². The van der Waals surface area contributed by atoms with E-state index < -0.39 is 0 Å². The molecular formula is C12H20N2. The van der Waals surface area contributed by atoms with Crippen LogP contribution in [0.4, 0.5) is 5.69 Å². The third-order valence-electron chi connectivity index (χ3n) is 1.88. The summed E-state index contributed by atoms with van der Waals surface area (Å²) in [7, 11) is 4.17. The molecule has 1 N–H and O–H groups in total. The van der Waals surface area contributed by atoms with E-state index in [9.17, 15) is 0 Å². The zero-order chi connectivity index (χ0) is 10.6. The third kappa shape index (κ3) is 3.79. The molecule has 0 heterocycles. The average Bonchev–Trinajstić information content (AvgIpc) is 2.01. The van der Waals surface area contributed by atoms with Crippen LogP contribution in [0.15, 0.2) is 24.3 Å². The Balaban J connectivity index is 2.68. The minimum atomic E-state index is 0.490. The zero-order valence-electron chi connectivity index (χ0n) is 9.54. The average molecular weight is 192 g/mol. The summed E-state index contributed by atoms with van der Waals surface area (Å²) >= 11 is 0. The molecule has 0 spiro atoms. The molecule has 0 saturated carbocycles. The molecule has 2 heteroatoms. The Kier molecular flexibility index (Phi) is 3.96. The molecule has 0 aliphatic rings. The largest absolute Gasteiger partial charge is 0.383 e. The highest BCUT2D eigenvalue weighted by Gasteiger charge is 1.98. The molecule has 0 amide bonds. The van der Waals surface area contributed by atoms with Crippen molar-refractivity contribution in [2.75, 3.05) is 19.4 Å². The van der Waals surface area contributed by atoms with Crippen LogP contribution in [0.5, 0.6) is 0 Å². The molecule has 0 atom stereocenters. The van der Waals surface area contributed by atoms with E-state index in [1.807, 2.05) is 0 Å². The number of rotatable bonds is 4. The van der Waals surface area contributed by atoms with Gasteiger partial charge in [0.2, 0.25) is 0 Å². The summed E-state index contributed by atoms with van der Waals surface area (Å²) < 4.78 is 0. The Hall–Kier alpha value is -1.02. The second-order valence-electron chi connectivity index (χ2n) is 4.24. The first-order valence-electron chi connectivity index (χ1n) is 5.08. The lowest BCUT2D eigenvalue weighted by atomic mass is 10.2. The molecule has 14 heavy (non-hydrogen) atoms. The Morgan fingerprint density at radius 2 is 2.00 bits per heavy atom. The predicted octanol–water partition coefficient (Wildman–Crippen LogP) is 2.57. The quantitative estimate of drug-likeness (QED) is 0.788. The smallest absolute Gasteiger partial charge is 0.0345 e. The van der Waals surface area contributed by atoms with E-state index >= 15 is 0 Å². The van der Waals surface area contributed by atoms with Crippen LogP contribution < -0.4 is 5.32 Å². The highest BCUT2D eigenvalue weighted by Crippen LogP contribution is 2.12. The van der Waals surface area contributed by atoms with Gasteiger partial charge in [0.25, 0.3) is 0 Å². The summed E-state index contributed by atoms with van der Waals surface area (Å²) in [4.78, 5) is 2.18. The van der Waals surface area contributed by atoms with Crippen molar-refractivity contribution < 1.29 is 0 Å². The lowest BCUT2D eigenvalue weighted by molar-refractivity contribution is 0.402. The fourth-order valence-corrected chi connectivity index (χ4v) is 1.46. The number of nitrogens with zero attached hydrogens (tertiary/aromatic N) is 1. The summed E-state index contributed by atoms with van der Waals surface area (Å²) in [6.45, 7) is 5.30. The van der Waals surface area contributed by atoms with Crippen LogP contribution in [0, 0.1) is 0 Å². The van der Waals surface area contributed by atoms with Crippen molar-refractivity contribution in [3.8, 4) is 0 Å². The van der Waals surface area contributed by atoms with Crippen LogP contribution in [-0.2, 0) is 6.54 Å². The summed E-state index contributed by atoms with van der Waals surface area (Å²) in [6.07, 6.45) is 0. The van der Waals surface area contributed by atoms with Crippen molar-refractivity contribution in [3.05, 3.63) is 29.8 Å². The highest BCUT2D eigenvalue weighted by atomic mass is 15.0. The first-order valence-corrected chi connectivity index (χ1v) is 5.08. The molecule has 0 aliphatic carbocycles. The zero-order valence-corrected chi connectivity index (χ0v) is 9.54. The van der Waals surface area contributed by atoms with E-state index in [-0.39, 0.29) is 0 Å². The van der Waals surface area contributed by atoms with Crippen molar-refractivity contribution in [3.63, 3.8) is 0 Å². The van der Waals surface area contributed by atoms with Crippen LogP contribution in [0.1, 0.15) is 19.4 Å². The second-order valence-corrected chi connectivity index (χ2v) is 4.24. The van der Waals surface area contributed by atoms with Crippen molar-refractivity contribution in [2.24, 2.45) is 0 Å². The van der Waals surface area contributed by atoms with Crippen LogP contribution in [0.25, 0.3) is 0 Å². The predicted molar refractivity (Wildman–Crippen MR) is 62.6 cm³/mol. The number of hydrogen-bond acceptors (Lipinski definition) is 2. The third-order valence-corrected chi connectivity index (χ3v) is 1.88. The fourth-order valence-electron chi connectivity index (χ4n) is 1.46. The van der Waals surface area contributed by atoms with E-state index in [1.54, 1.807) is 0 Å². The molecule has 0 unspecified atom stereocenters. The lowest BCUT2D eigenvalue weighted by Gasteiger charge is -2.13. The summed E-state index contributed by atoms with van der Waals surface area (Å²) in [6, 6.07) is 9.07. The normalized spacial score (nSPS) is 11.0. The van der Waals surface area contributed by atoms with Crippen LogP contribution in [-0.4, -0.2) is 25.0 Å². The van der Waals surface area contributed by atoms with Gasteiger partial charge in [-0.3, -0.25) is 0 Å². The van der Waals surface area contributed by atoms with E-state index in [1.165, 1.54) is 11.3 Å². The summed E-state index contributed by atoms with van der Waals surface area (Å²) in [5, 5.41) is 3.40. The Morgan fingerprint density at radius 3 is 2.57 bits per heavy atom. The van der Waals surface area contributed by atoms with Gasteiger partial charge in [0.1, 0.15) is 0 Å². The number of nitrogens with one attached hydrogen (secondary N) is 1. The number of anilines is 1. The van der Waals surface area contributed by atoms with Crippen molar-refractivity contribution in [1.82, 2.24) is 4.90 Å². The maximum Gasteiger partial charge on any atom is 0.0345 e. The molecule has 0 aromatic heterocycles. The van der Waals surface area contributed by atoms with Gasteiger partial charge < -0.3 is 10.2 Å². The molecule has 0 radical (unpaired) electrons. The van der Waals surface area contributed by atoms with E-state index in [4.69, 9.17) is 0 Å². The maximum absolute atomic E-state index is 3.40. The maximum atomic E-state index is 3.40. The first-order chi connectivity index (χ1) is 6.58. The summed E-state index contributed by atoms with van der Waals surface area (Å²) in [5.74, 6) is 0. The Labute approximate surface area is 86.9 Å². The standard InChI is InChI=1S/C12H20N2/c1-10(2)13-12-7-5-6-11(8-12)9-14(3)4/h5-8,10,13H,9H2,1-4H3. The molecule has 2 nitrogen and oxygen atoms in total. The van der Waals surface area contributed by atoms with Gasteiger partial charge in [0, 0.05) is 18.3 Å². The van der Waals surface area contributed by atoms with Crippen molar-refractivity contribution >= 4 is 5.69 Å². The molecule has 78 valence electrons. The Morgan fingerprint density at radius 1 is 1.29 bits per heavy atom. The highest BCUT2D eigenvalue weighted by molar-refractivity contribution is 5.46. The van der Waals surface area contributed by atoms with Gasteiger partial charge in [-0.1, -0.05) is 12.1 Å². The van der Waals surface area contributed by atoms with Gasteiger partial charge in [0.15, 0.2) is 0 Å². The molecular weight excluding hydrogens is 172 g/mol. The van der Waals surface area contributed by atoms with Gasteiger partial charge in [-0.05, 0) is 45.6 Å². The van der Waals surface area contributed by atoms with Crippen LogP contribution in [0.3, 0.4) is 0 Å². The monoisotopic (exact) mass is 192 g/mol. The van der Waals surface area contributed by atoms with E-state index in [2.05, 4.69) is 62.4 Å². The topological polar surface area (TPSA) is 15.3 Å². The molecule has 1 aromatic rings. The Bertz CT molecular complexity index is 254. The molecule has 0 bridgehead atoms. The van der Waals surface area contributed by atoms with Gasteiger partial charge in [-0.15, -0.1) is 0 Å². The summed E-state index contributed by atoms with van der Waals surface area (Å²) in [5.41, 5.74) is 2.56. The van der Waals surface area contributed by atoms with Gasteiger partial charge in [-0.25, -0.2) is 0 Å². The van der Waals surface area contributed by atoms with E-state index in [0.29, 0.717) is 6.04 Å². The SMILES string of the molecule is CC(C)Nc1cccc(CN(C)C)c1. The van der Waals surface area contributed by atoms with Crippen LogP contribution >= 0.6 is 0 Å². The molecule has 0 aliphatic heterocycles. The number of hydrogen-bond donors (Lipinski definition) is 1.